The lowest BCUT2D eigenvalue weighted by molar-refractivity contribution is -0.136. The first-order valence-corrected chi connectivity index (χ1v) is 10.7. The highest BCUT2D eigenvalue weighted by atomic mass is 16.5. The van der Waals surface area contributed by atoms with Gasteiger partial charge in [-0.1, -0.05) is 25.9 Å². The van der Waals surface area contributed by atoms with Crippen LogP contribution in [0, 0.1) is 19.8 Å². The quantitative estimate of drug-likeness (QED) is 0.497. The Kier molecular flexibility index (Phi) is 7.05. The van der Waals surface area contributed by atoms with E-state index in [2.05, 4.69) is 41.2 Å². The predicted octanol–water partition coefficient (Wildman–Crippen LogP) is 5.06. The Bertz CT molecular complexity index is 1070. The lowest BCUT2D eigenvalue weighted by atomic mass is 9.93. The molecule has 31 heavy (non-hydrogen) atoms. The van der Waals surface area contributed by atoms with E-state index < -0.39 is 5.97 Å². The molecule has 0 unspecified atom stereocenters. The van der Waals surface area contributed by atoms with Gasteiger partial charge in [-0.3, -0.25) is 4.79 Å². The second kappa shape index (κ2) is 9.73. The Morgan fingerprint density at radius 1 is 1.13 bits per heavy atom. The van der Waals surface area contributed by atoms with Crippen molar-refractivity contribution in [2.24, 2.45) is 5.92 Å². The molecule has 0 bridgehead atoms. The van der Waals surface area contributed by atoms with Gasteiger partial charge in [0.1, 0.15) is 5.82 Å². The summed E-state index contributed by atoms with van der Waals surface area (Å²) in [5, 5.41) is 16.6. The van der Waals surface area contributed by atoms with Crippen LogP contribution in [0.3, 0.4) is 0 Å². The number of pyridine rings is 1. The number of rotatable bonds is 9. The maximum absolute atomic E-state index is 11.0. The van der Waals surface area contributed by atoms with Gasteiger partial charge in [-0.05, 0) is 73.6 Å². The fraction of sp³-hybridized carbons (Fsp3) is 0.417. The van der Waals surface area contributed by atoms with E-state index in [0.29, 0.717) is 24.1 Å². The average molecular weight is 423 g/mol. The van der Waals surface area contributed by atoms with Gasteiger partial charge in [0.25, 0.3) is 5.89 Å². The first-order valence-electron chi connectivity index (χ1n) is 10.7. The minimum atomic E-state index is -0.789. The zero-order valence-electron chi connectivity index (χ0n) is 18.8. The molecule has 2 aromatic heterocycles. The minimum Gasteiger partial charge on any atom is -0.481 e. The topological polar surface area (TPSA) is 101 Å². The van der Waals surface area contributed by atoms with E-state index in [0.717, 1.165) is 52.3 Å². The molecule has 1 aromatic carbocycles. The van der Waals surface area contributed by atoms with Crippen molar-refractivity contribution < 1.29 is 14.4 Å². The van der Waals surface area contributed by atoms with Gasteiger partial charge in [-0.25, -0.2) is 4.98 Å². The van der Waals surface area contributed by atoms with Crippen LogP contribution in [-0.4, -0.2) is 32.7 Å². The van der Waals surface area contributed by atoms with Crippen molar-refractivity contribution in [3.05, 3.63) is 46.6 Å². The minimum absolute atomic E-state index is 0.119. The molecule has 0 saturated heterocycles. The van der Waals surface area contributed by atoms with E-state index in [9.17, 15) is 4.79 Å². The van der Waals surface area contributed by atoms with Gasteiger partial charge in [-0.15, -0.1) is 0 Å². The summed E-state index contributed by atoms with van der Waals surface area (Å²) in [5.41, 5.74) is 5.80. The molecule has 0 amide bonds. The standard InChI is InChI=1S/C24H30N4O3/c1-6-17-11-18(9-15(4)20(17)7-8-22(29)30)23-27-24(31-28-23)19-10-16(5)26-21(12-19)25-13-14(2)3/h9-12,14H,6-8,13H2,1-5H3,(H,25,26)(H,29,30). The first kappa shape index (κ1) is 22.5. The maximum Gasteiger partial charge on any atom is 0.303 e. The normalized spacial score (nSPS) is 11.2. The Hall–Kier alpha value is -3.22. The molecule has 0 atom stereocenters. The number of aryl methyl sites for hydroxylation is 3. The number of nitrogens with zero attached hydrogens (tertiary/aromatic N) is 3. The highest BCUT2D eigenvalue weighted by Gasteiger charge is 2.16. The van der Waals surface area contributed by atoms with Crippen molar-refractivity contribution in [3.8, 4) is 22.8 Å². The van der Waals surface area contributed by atoms with E-state index in [1.54, 1.807) is 0 Å². The van der Waals surface area contributed by atoms with Crippen LogP contribution in [0.5, 0.6) is 0 Å². The monoisotopic (exact) mass is 422 g/mol. The van der Waals surface area contributed by atoms with Crippen LogP contribution in [0.25, 0.3) is 22.8 Å². The summed E-state index contributed by atoms with van der Waals surface area (Å²) < 4.78 is 5.57. The summed E-state index contributed by atoms with van der Waals surface area (Å²) in [7, 11) is 0. The summed E-state index contributed by atoms with van der Waals surface area (Å²) in [5.74, 6) is 1.47. The van der Waals surface area contributed by atoms with Crippen LogP contribution in [0.4, 0.5) is 5.82 Å². The zero-order chi connectivity index (χ0) is 22.5. The first-order chi connectivity index (χ1) is 14.8. The summed E-state index contributed by atoms with van der Waals surface area (Å²) in [4.78, 5) is 20.1. The SMILES string of the molecule is CCc1cc(-c2noc(-c3cc(C)nc(NCC(C)C)c3)n2)cc(C)c1CCC(=O)O. The third-order valence-electron chi connectivity index (χ3n) is 5.11. The van der Waals surface area contributed by atoms with E-state index in [1.807, 2.05) is 38.1 Å². The van der Waals surface area contributed by atoms with Crippen molar-refractivity contribution in [2.45, 2.75) is 53.9 Å². The average Bonchev–Trinajstić information content (AvgIpc) is 3.20. The van der Waals surface area contributed by atoms with Crippen molar-refractivity contribution in [1.29, 1.82) is 0 Å². The van der Waals surface area contributed by atoms with Crippen LogP contribution < -0.4 is 5.32 Å². The van der Waals surface area contributed by atoms with Gasteiger partial charge in [0.15, 0.2) is 0 Å². The van der Waals surface area contributed by atoms with Gasteiger partial charge in [-0.2, -0.15) is 4.98 Å². The Morgan fingerprint density at radius 2 is 1.90 bits per heavy atom. The molecule has 0 aliphatic heterocycles. The molecule has 0 aliphatic carbocycles. The molecule has 0 aliphatic rings. The van der Waals surface area contributed by atoms with Crippen LogP contribution in [0.15, 0.2) is 28.8 Å². The van der Waals surface area contributed by atoms with Crippen molar-refractivity contribution in [1.82, 2.24) is 15.1 Å². The van der Waals surface area contributed by atoms with E-state index in [4.69, 9.17) is 9.63 Å². The molecular weight excluding hydrogens is 392 g/mol. The van der Waals surface area contributed by atoms with Crippen LogP contribution >= 0.6 is 0 Å². The van der Waals surface area contributed by atoms with E-state index >= 15 is 0 Å². The summed E-state index contributed by atoms with van der Waals surface area (Å²) >= 11 is 0. The number of hydrogen-bond acceptors (Lipinski definition) is 6. The second-order valence-electron chi connectivity index (χ2n) is 8.26. The molecular formula is C24H30N4O3. The number of carboxylic acid groups (broad SMARTS) is 1. The van der Waals surface area contributed by atoms with Gasteiger partial charge < -0.3 is 14.9 Å². The maximum atomic E-state index is 11.0. The number of nitrogens with one attached hydrogen (secondary N) is 1. The molecule has 7 nitrogen and oxygen atoms in total. The summed E-state index contributed by atoms with van der Waals surface area (Å²) in [6, 6.07) is 7.88. The number of carbonyl (C=O) groups is 1. The predicted molar refractivity (Wildman–Crippen MR) is 121 cm³/mol. The molecule has 3 rings (SSSR count). The third-order valence-corrected chi connectivity index (χ3v) is 5.11. The van der Waals surface area contributed by atoms with Crippen molar-refractivity contribution in [2.75, 3.05) is 11.9 Å². The number of hydrogen-bond donors (Lipinski definition) is 2. The van der Waals surface area contributed by atoms with Crippen molar-refractivity contribution >= 4 is 11.8 Å². The number of anilines is 1. The van der Waals surface area contributed by atoms with Crippen LogP contribution in [0.1, 0.15) is 49.6 Å². The fourth-order valence-electron chi connectivity index (χ4n) is 3.57. The molecule has 0 radical (unpaired) electrons. The smallest absolute Gasteiger partial charge is 0.303 e. The van der Waals surface area contributed by atoms with Gasteiger partial charge in [0.05, 0.1) is 0 Å². The number of benzene rings is 1. The highest BCUT2D eigenvalue weighted by molar-refractivity contribution is 5.68. The highest BCUT2D eigenvalue weighted by Crippen LogP contribution is 2.28. The fourth-order valence-corrected chi connectivity index (χ4v) is 3.57. The molecule has 0 spiro atoms. The molecule has 0 fully saturated rings. The third kappa shape index (κ3) is 5.69. The molecule has 164 valence electrons. The number of aromatic nitrogens is 3. The molecule has 3 aromatic rings. The van der Waals surface area contributed by atoms with Gasteiger partial charge in [0, 0.05) is 29.8 Å². The van der Waals surface area contributed by atoms with Crippen molar-refractivity contribution in [3.63, 3.8) is 0 Å². The number of carboxylic acids is 1. The summed E-state index contributed by atoms with van der Waals surface area (Å²) in [6.07, 6.45) is 1.45. The molecule has 2 heterocycles. The zero-order valence-corrected chi connectivity index (χ0v) is 18.8. The molecule has 7 heteroatoms. The van der Waals surface area contributed by atoms with Gasteiger partial charge in [0.2, 0.25) is 5.82 Å². The van der Waals surface area contributed by atoms with Crippen LogP contribution in [-0.2, 0) is 17.6 Å². The molecule has 0 saturated carbocycles. The Labute approximate surface area is 182 Å². The lowest BCUT2D eigenvalue weighted by Gasteiger charge is -2.12. The Morgan fingerprint density at radius 3 is 2.58 bits per heavy atom. The second-order valence-corrected chi connectivity index (χ2v) is 8.26. The van der Waals surface area contributed by atoms with Gasteiger partial charge >= 0.3 is 5.97 Å². The summed E-state index contributed by atoms with van der Waals surface area (Å²) in [6.45, 7) is 11.1. The number of aliphatic carboxylic acids is 1. The van der Waals surface area contributed by atoms with E-state index in [-0.39, 0.29) is 6.42 Å². The molecule has 2 N–H and O–H groups in total. The Balaban J connectivity index is 1.90. The largest absolute Gasteiger partial charge is 0.481 e. The van der Waals surface area contributed by atoms with Crippen LogP contribution in [0.2, 0.25) is 0 Å². The van der Waals surface area contributed by atoms with E-state index in [1.165, 1.54) is 0 Å². The lowest BCUT2D eigenvalue weighted by Crippen LogP contribution is -2.09.